The number of aromatic nitrogens is 2. The fraction of sp³-hybridized carbons (Fsp3) is 0.357. The molecule has 0 fully saturated rings. The van der Waals surface area contributed by atoms with Gasteiger partial charge in [0.15, 0.2) is 5.82 Å². The molecule has 0 aliphatic heterocycles. The van der Waals surface area contributed by atoms with E-state index in [1.54, 1.807) is 0 Å². The van der Waals surface area contributed by atoms with E-state index in [9.17, 15) is 4.39 Å². The average Bonchev–Trinajstić information content (AvgIpc) is 2.84. The van der Waals surface area contributed by atoms with E-state index >= 15 is 0 Å². The molecule has 2 rings (SSSR count). The molecule has 0 aliphatic carbocycles. The Balaban J connectivity index is 2.14. The number of halogens is 3. The van der Waals surface area contributed by atoms with Crippen molar-refractivity contribution in [1.82, 2.24) is 9.78 Å². The number of aryl methyl sites for hydroxylation is 2. The molecular formula is C14H16Cl2FN3. The minimum atomic E-state index is -0.592. The number of nitrogens with one attached hydrogen (secondary N) is 1. The monoisotopic (exact) mass is 315 g/mol. The molecule has 6 heteroatoms. The second-order valence-electron chi connectivity index (χ2n) is 4.40. The van der Waals surface area contributed by atoms with Gasteiger partial charge < -0.3 is 5.32 Å². The summed E-state index contributed by atoms with van der Waals surface area (Å²) in [5.74, 6) is -0.592. The highest BCUT2D eigenvalue weighted by Gasteiger charge is 2.09. The van der Waals surface area contributed by atoms with Gasteiger partial charge in [-0.15, -0.1) is 0 Å². The summed E-state index contributed by atoms with van der Waals surface area (Å²) in [5, 5.41) is 7.68. The number of hydrogen-bond donors (Lipinski definition) is 1. The lowest BCUT2D eigenvalue weighted by Crippen LogP contribution is -2.08. The van der Waals surface area contributed by atoms with Gasteiger partial charge in [0.05, 0.1) is 28.0 Å². The van der Waals surface area contributed by atoms with Crippen LogP contribution in [0.2, 0.25) is 10.0 Å². The van der Waals surface area contributed by atoms with E-state index < -0.39 is 5.82 Å². The van der Waals surface area contributed by atoms with Gasteiger partial charge in [-0.1, -0.05) is 30.1 Å². The zero-order chi connectivity index (χ0) is 14.7. The highest BCUT2D eigenvalue weighted by Crippen LogP contribution is 2.27. The molecule has 0 atom stereocenters. The molecule has 1 aromatic heterocycles. The van der Waals surface area contributed by atoms with Crippen molar-refractivity contribution in [2.24, 2.45) is 0 Å². The molecule has 1 aromatic carbocycles. The number of benzene rings is 1. The van der Waals surface area contributed by atoms with Crippen molar-refractivity contribution in [3.63, 3.8) is 0 Å². The SMILES string of the molecule is CCc1cc(CNc2cc(Cl)c(F)c(Cl)c2)n(CC)n1. The summed E-state index contributed by atoms with van der Waals surface area (Å²) in [7, 11) is 0. The first kappa shape index (κ1) is 15.1. The Morgan fingerprint density at radius 2 is 1.85 bits per heavy atom. The van der Waals surface area contributed by atoms with Gasteiger partial charge in [0.2, 0.25) is 0 Å². The molecule has 1 N–H and O–H groups in total. The Kier molecular flexibility index (Phi) is 4.89. The molecule has 1 heterocycles. The Labute approximate surface area is 127 Å². The van der Waals surface area contributed by atoms with Gasteiger partial charge in [-0.25, -0.2) is 4.39 Å². The molecule has 3 nitrogen and oxygen atoms in total. The summed E-state index contributed by atoms with van der Waals surface area (Å²) in [6, 6.07) is 5.11. The van der Waals surface area contributed by atoms with Gasteiger partial charge in [0.1, 0.15) is 0 Å². The predicted octanol–water partition coefficient (Wildman–Crippen LogP) is 4.52. The lowest BCUT2D eigenvalue weighted by atomic mass is 10.2. The van der Waals surface area contributed by atoms with Crippen molar-refractivity contribution < 1.29 is 4.39 Å². The zero-order valence-electron chi connectivity index (χ0n) is 11.4. The fourth-order valence-corrected chi connectivity index (χ4v) is 2.44. The van der Waals surface area contributed by atoms with Crippen LogP contribution in [0.15, 0.2) is 18.2 Å². The van der Waals surface area contributed by atoms with Gasteiger partial charge in [0, 0.05) is 12.2 Å². The van der Waals surface area contributed by atoms with Crippen LogP contribution in [0.4, 0.5) is 10.1 Å². The van der Waals surface area contributed by atoms with Crippen molar-refractivity contribution in [3.05, 3.63) is 45.4 Å². The molecule has 0 saturated heterocycles. The smallest absolute Gasteiger partial charge is 0.160 e. The topological polar surface area (TPSA) is 29.9 Å². The molecule has 108 valence electrons. The van der Waals surface area contributed by atoms with Crippen LogP contribution in [-0.4, -0.2) is 9.78 Å². The van der Waals surface area contributed by atoms with E-state index in [0.717, 1.165) is 24.4 Å². The van der Waals surface area contributed by atoms with Gasteiger partial charge >= 0.3 is 0 Å². The van der Waals surface area contributed by atoms with E-state index in [0.29, 0.717) is 12.2 Å². The molecule has 0 radical (unpaired) electrons. The summed E-state index contributed by atoms with van der Waals surface area (Å²) < 4.78 is 15.3. The van der Waals surface area contributed by atoms with Crippen molar-refractivity contribution in [2.45, 2.75) is 33.4 Å². The molecule has 0 amide bonds. The molecule has 0 aliphatic rings. The van der Waals surface area contributed by atoms with E-state index in [1.807, 2.05) is 11.6 Å². The highest BCUT2D eigenvalue weighted by atomic mass is 35.5. The largest absolute Gasteiger partial charge is 0.379 e. The van der Waals surface area contributed by atoms with Crippen molar-refractivity contribution >= 4 is 28.9 Å². The maximum absolute atomic E-state index is 13.3. The van der Waals surface area contributed by atoms with Crippen LogP contribution >= 0.6 is 23.2 Å². The third kappa shape index (κ3) is 3.25. The van der Waals surface area contributed by atoms with Gasteiger partial charge in [-0.05, 0) is 31.5 Å². The zero-order valence-corrected chi connectivity index (χ0v) is 12.9. The fourth-order valence-electron chi connectivity index (χ4n) is 1.95. The lowest BCUT2D eigenvalue weighted by molar-refractivity contribution is 0.619. The van der Waals surface area contributed by atoms with Gasteiger partial charge in [-0.3, -0.25) is 4.68 Å². The Morgan fingerprint density at radius 1 is 1.20 bits per heavy atom. The maximum atomic E-state index is 13.3. The van der Waals surface area contributed by atoms with E-state index in [4.69, 9.17) is 23.2 Å². The third-order valence-electron chi connectivity index (χ3n) is 3.03. The maximum Gasteiger partial charge on any atom is 0.160 e. The van der Waals surface area contributed by atoms with Gasteiger partial charge in [0.25, 0.3) is 0 Å². The molecule has 0 unspecified atom stereocenters. The summed E-state index contributed by atoms with van der Waals surface area (Å²) >= 11 is 11.5. The number of rotatable bonds is 5. The Hall–Kier alpha value is -1.26. The van der Waals surface area contributed by atoms with Crippen molar-refractivity contribution in [2.75, 3.05) is 5.32 Å². The van der Waals surface area contributed by atoms with Crippen LogP contribution in [0.1, 0.15) is 25.2 Å². The summed E-state index contributed by atoms with van der Waals surface area (Å²) in [4.78, 5) is 0. The average molecular weight is 316 g/mol. The molecule has 2 aromatic rings. The van der Waals surface area contributed by atoms with E-state index in [1.165, 1.54) is 12.1 Å². The van der Waals surface area contributed by atoms with Gasteiger partial charge in [-0.2, -0.15) is 5.10 Å². The number of hydrogen-bond acceptors (Lipinski definition) is 2. The molecule has 0 bridgehead atoms. The van der Waals surface area contributed by atoms with Crippen molar-refractivity contribution in [1.29, 1.82) is 0 Å². The van der Waals surface area contributed by atoms with Crippen LogP contribution in [0.3, 0.4) is 0 Å². The van der Waals surface area contributed by atoms with Crippen LogP contribution in [0, 0.1) is 5.82 Å². The minimum absolute atomic E-state index is 0.0123. The number of nitrogens with zero attached hydrogens (tertiary/aromatic N) is 2. The first-order chi connectivity index (χ1) is 9.55. The van der Waals surface area contributed by atoms with Crippen LogP contribution in [0.5, 0.6) is 0 Å². The van der Waals surface area contributed by atoms with Crippen LogP contribution in [-0.2, 0) is 19.5 Å². The summed E-state index contributed by atoms with van der Waals surface area (Å²) in [6.45, 7) is 5.50. The molecule has 20 heavy (non-hydrogen) atoms. The highest BCUT2D eigenvalue weighted by molar-refractivity contribution is 6.35. The van der Waals surface area contributed by atoms with E-state index in [-0.39, 0.29) is 10.0 Å². The quantitative estimate of drug-likeness (QED) is 0.822. The first-order valence-electron chi connectivity index (χ1n) is 6.49. The van der Waals surface area contributed by atoms with Crippen LogP contribution < -0.4 is 5.32 Å². The second kappa shape index (κ2) is 6.46. The van der Waals surface area contributed by atoms with Crippen molar-refractivity contribution in [3.8, 4) is 0 Å². The lowest BCUT2D eigenvalue weighted by Gasteiger charge is -2.09. The predicted molar refractivity (Wildman–Crippen MR) is 81.0 cm³/mol. The minimum Gasteiger partial charge on any atom is -0.379 e. The number of anilines is 1. The Morgan fingerprint density at radius 3 is 2.40 bits per heavy atom. The summed E-state index contributed by atoms with van der Waals surface area (Å²) in [5.41, 5.74) is 2.81. The standard InChI is InChI=1S/C14H16Cl2FN3/c1-3-9-5-11(20(4-2)19-9)8-18-10-6-12(15)14(17)13(16)7-10/h5-7,18H,3-4,8H2,1-2H3. The van der Waals surface area contributed by atoms with E-state index in [2.05, 4.69) is 23.4 Å². The Bertz CT molecular complexity index is 587. The molecular weight excluding hydrogens is 300 g/mol. The first-order valence-corrected chi connectivity index (χ1v) is 7.24. The molecule has 0 spiro atoms. The molecule has 0 saturated carbocycles. The normalized spacial score (nSPS) is 10.8. The second-order valence-corrected chi connectivity index (χ2v) is 5.22. The van der Waals surface area contributed by atoms with Crippen LogP contribution in [0.25, 0.3) is 0 Å². The summed E-state index contributed by atoms with van der Waals surface area (Å²) in [6.07, 6.45) is 0.897. The third-order valence-corrected chi connectivity index (χ3v) is 3.58.